The summed E-state index contributed by atoms with van der Waals surface area (Å²) in [4.78, 5) is 5.90. The van der Waals surface area contributed by atoms with Gasteiger partial charge in [-0.2, -0.15) is 5.26 Å². The smallest absolute Gasteiger partial charge is 0.261 e. The van der Waals surface area contributed by atoms with Gasteiger partial charge in [0.1, 0.15) is 36.5 Å². The predicted molar refractivity (Wildman–Crippen MR) is 196 cm³/mol. The second-order valence-electron chi connectivity index (χ2n) is 13.5. The Morgan fingerprint density at radius 2 is 1.67 bits per heavy atom. The number of ether oxygens (including phenoxy) is 3. The normalized spacial score (nSPS) is 14.3. The van der Waals surface area contributed by atoms with E-state index in [4.69, 9.17) is 25.8 Å². The van der Waals surface area contributed by atoms with E-state index in [2.05, 4.69) is 28.5 Å². The second-order valence-corrected chi connectivity index (χ2v) is 13.9. The van der Waals surface area contributed by atoms with Crippen molar-refractivity contribution >= 4 is 11.6 Å². The van der Waals surface area contributed by atoms with Crippen LogP contribution < -0.4 is 19.5 Å². The van der Waals surface area contributed by atoms with E-state index in [1.54, 1.807) is 36.2 Å². The Labute approximate surface area is 308 Å². The summed E-state index contributed by atoms with van der Waals surface area (Å²) in [5.41, 5.74) is 5.91. The number of halogens is 3. The molecule has 1 aromatic heterocycles. The minimum absolute atomic E-state index is 0.0821. The number of rotatable bonds is 17. The molecule has 0 saturated carbocycles. The van der Waals surface area contributed by atoms with Crippen molar-refractivity contribution in [2.24, 2.45) is 0 Å². The van der Waals surface area contributed by atoms with Crippen LogP contribution in [-0.4, -0.2) is 71.0 Å². The Morgan fingerprint density at radius 3 is 2.38 bits per heavy atom. The van der Waals surface area contributed by atoms with Crippen molar-refractivity contribution in [3.8, 4) is 34.4 Å². The Hall–Kier alpha value is -4.31. The largest absolute Gasteiger partial charge is 0.493 e. The number of aliphatic hydroxyl groups excluding tert-OH is 2. The SMILES string of the molecule is Cc1c(COc2cc(OCc3cncc(C#N)c3)c(CNC(C)(CO)CO)cc2Cl)cccc1-c1cccc(OCCCN2CCC(F)(F)C2)c1C. The van der Waals surface area contributed by atoms with Crippen LogP contribution >= 0.6 is 11.6 Å². The van der Waals surface area contributed by atoms with Crippen LogP contribution in [0.1, 0.15) is 53.1 Å². The van der Waals surface area contributed by atoms with Crippen molar-refractivity contribution in [2.75, 3.05) is 39.5 Å². The van der Waals surface area contributed by atoms with Gasteiger partial charge in [-0.05, 0) is 73.2 Å². The van der Waals surface area contributed by atoms with E-state index < -0.39 is 11.5 Å². The van der Waals surface area contributed by atoms with E-state index in [1.165, 1.54) is 6.20 Å². The summed E-state index contributed by atoms with van der Waals surface area (Å²) >= 11 is 6.75. The molecular formula is C40H45ClF2N4O5. The topological polar surface area (TPSA) is 120 Å². The van der Waals surface area contributed by atoms with Crippen LogP contribution in [0.3, 0.4) is 0 Å². The molecule has 4 aromatic rings. The third-order valence-electron chi connectivity index (χ3n) is 9.37. The van der Waals surface area contributed by atoms with Gasteiger partial charge in [-0.25, -0.2) is 8.78 Å². The fourth-order valence-electron chi connectivity index (χ4n) is 6.04. The molecule has 0 amide bonds. The highest BCUT2D eigenvalue weighted by Gasteiger charge is 2.37. The van der Waals surface area contributed by atoms with Crippen molar-refractivity contribution in [1.29, 1.82) is 5.26 Å². The lowest BCUT2D eigenvalue weighted by Gasteiger charge is -2.27. The van der Waals surface area contributed by atoms with Crippen LogP contribution in [0.25, 0.3) is 11.1 Å². The number of aromatic nitrogens is 1. The summed E-state index contributed by atoms with van der Waals surface area (Å²) in [7, 11) is 0. The predicted octanol–water partition coefficient (Wildman–Crippen LogP) is 6.99. The number of alkyl halides is 2. The van der Waals surface area contributed by atoms with Crippen molar-refractivity contribution in [2.45, 2.75) is 64.8 Å². The van der Waals surface area contributed by atoms with E-state index in [0.29, 0.717) is 59.3 Å². The maximum Gasteiger partial charge on any atom is 0.261 e. The lowest BCUT2D eigenvalue weighted by atomic mass is 9.93. The number of nitrogens with zero attached hydrogens (tertiary/aromatic N) is 3. The van der Waals surface area contributed by atoms with E-state index in [-0.39, 0.29) is 45.9 Å². The summed E-state index contributed by atoms with van der Waals surface area (Å²) in [5.74, 6) is -0.951. The number of benzene rings is 3. The maximum absolute atomic E-state index is 13.5. The number of nitrogens with one attached hydrogen (secondary N) is 1. The standard InChI is InChI=1S/C40H45ClF2N4O5/c1-27-31(7-4-8-33(27)34-9-5-10-36(28(34)2)50-14-6-12-47-13-11-40(42,43)24-47)23-52-38-17-37(51-22-30-15-29(18-44)19-45-20-30)32(16-35(38)41)21-46-39(3,25-48)26-49/h4-5,7-10,15-17,19-20,46,48-49H,6,11-14,21-26H2,1-3H3. The van der Waals surface area contributed by atoms with Crippen LogP contribution in [-0.2, 0) is 19.8 Å². The first-order valence-electron chi connectivity index (χ1n) is 17.2. The van der Waals surface area contributed by atoms with Crippen LogP contribution in [0.5, 0.6) is 17.2 Å². The molecule has 2 heterocycles. The van der Waals surface area contributed by atoms with Gasteiger partial charge in [-0.15, -0.1) is 0 Å². The molecule has 0 aliphatic carbocycles. The molecule has 0 radical (unpaired) electrons. The molecule has 12 heteroatoms. The van der Waals surface area contributed by atoms with Gasteiger partial charge in [0, 0.05) is 55.6 Å². The van der Waals surface area contributed by atoms with Gasteiger partial charge in [-0.3, -0.25) is 9.88 Å². The van der Waals surface area contributed by atoms with Crippen LogP contribution in [0.4, 0.5) is 8.78 Å². The van der Waals surface area contributed by atoms with Gasteiger partial charge in [0.2, 0.25) is 0 Å². The minimum Gasteiger partial charge on any atom is -0.493 e. The number of nitriles is 1. The number of hydrogen-bond acceptors (Lipinski definition) is 9. The molecule has 0 spiro atoms. The Morgan fingerprint density at radius 1 is 0.942 bits per heavy atom. The lowest BCUT2D eigenvalue weighted by Crippen LogP contribution is -2.48. The number of hydrogen-bond donors (Lipinski definition) is 3. The highest BCUT2D eigenvalue weighted by atomic mass is 35.5. The Bertz CT molecular complexity index is 1880. The molecule has 1 aliphatic rings. The number of likely N-dealkylation sites (tertiary alicyclic amines) is 1. The molecule has 0 atom stereocenters. The van der Waals surface area contributed by atoms with Gasteiger partial charge in [0.05, 0.1) is 42.5 Å². The highest BCUT2D eigenvalue weighted by molar-refractivity contribution is 6.32. The van der Waals surface area contributed by atoms with Gasteiger partial charge >= 0.3 is 0 Å². The lowest BCUT2D eigenvalue weighted by molar-refractivity contribution is 0.0118. The first-order chi connectivity index (χ1) is 24.9. The summed E-state index contributed by atoms with van der Waals surface area (Å²) in [6.45, 7) is 7.05. The summed E-state index contributed by atoms with van der Waals surface area (Å²) in [6.07, 6.45) is 3.68. The van der Waals surface area contributed by atoms with Crippen LogP contribution in [0.2, 0.25) is 5.02 Å². The zero-order valence-corrected chi connectivity index (χ0v) is 30.5. The van der Waals surface area contributed by atoms with E-state index in [9.17, 15) is 24.3 Å². The second kappa shape index (κ2) is 17.5. The highest BCUT2D eigenvalue weighted by Crippen LogP contribution is 2.37. The summed E-state index contributed by atoms with van der Waals surface area (Å²) < 4.78 is 45.7. The fraction of sp³-hybridized carbons (Fsp3) is 0.400. The molecule has 276 valence electrons. The quantitative estimate of drug-likeness (QED) is 0.0987. The molecule has 1 aliphatic heterocycles. The van der Waals surface area contributed by atoms with Gasteiger partial charge in [0.15, 0.2) is 0 Å². The summed E-state index contributed by atoms with van der Waals surface area (Å²) in [6, 6.07) is 19.2. The van der Waals surface area contributed by atoms with Gasteiger partial charge < -0.3 is 29.7 Å². The zero-order chi connectivity index (χ0) is 37.3. The average molecular weight is 735 g/mol. The Kier molecular flexibility index (Phi) is 13.1. The van der Waals surface area contributed by atoms with E-state index in [0.717, 1.165) is 33.6 Å². The molecule has 3 aromatic carbocycles. The third-order valence-corrected chi connectivity index (χ3v) is 9.66. The van der Waals surface area contributed by atoms with Crippen molar-refractivity contribution in [3.05, 3.63) is 105 Å². The molecule has 9 nitrogen and oxygen atoms in total. The average Bonchev–Trinajstić information content (AvgIpc) is 3.50. The molecule has 3 N–H and O–H groups in total. The minimum atomic E-state index is -2.59. The van der Waals surface area contributed by atoms with Crippen molar-refractivity contribution < 1.29 is 33.2 Å². The molecule has 1 saturated heterocycles. The molecule has 5 rings (SSSR count). The fourth-order valence-corrected chi connectivity index (χ4v) is 6.28. The molecule has 52 heavy (non-hydrogen) atoms. The zero-order valence-electron chi connectivity index (χ0n) is 29.7. The molecule has 0 unspecified atom stereocenters. The molecule has 0 bridgehead atoms. The monoisotopic (exact) mass is 734 g/mol. The first kappa shape index (κ1) is 38.9. The number of aliphatic hydroxyl groups is 2. The van der Waals surface area contributed by atoms with Crippen molar-refractivity contribution in [3.63, 3.8) is 0 Å². The molecule has 1 fully saturated rings. The number of pyridine rings is 1. The van der Waals surface area contributed by atoms with Crippen LogP contribution in [0.15, 0.2) is 67.0 Å². The maximum atomic E-state index is 13.5. The van der Waals surface area contributed by atoms with Gasteiger partial charge in [0.25, 0.3) is 5.92 Å². The van der Waals surface area contributed by atoms with Gasteiger partial charge in [-0.1, -0.05) is 41.9 Å². The third kappa shape index (κ3) is 9.97. The van der Waals surface area contributed by atoms with E-state index in [1.807, 2.05) is 38.1 Å². The summed E-state index contributed by atoms with van der Waals surface area (Å²) in [5, 5.41) is 32.4. The Balaban J connectivity index is 1.30. The van der Waals surface area contributed by atoms with E-state index >= 15 is 0 Å². The molecular weight excluding hydrogens is 690 g/mol. The van der Waals surface area contributed by atoms with Crippen molar-refractivity contribution in [1.82, 2.24) is 15.2 Å². The first-order valence-corrected chi connectivity index (χ1v) is 17.6. The van der Waals surface area contributed by atoms with Crippen LogP contribution in [0, 0.1) is 25.2 Å².